The van der Waals surface area contributed by atoms with Crippen LogP contribution in [0.3, 0.4) is 0 Å². The maximum atomic E-state index is 11.4. The summed E-state index contributed by atoms with van der Waals surface area (Å²) < 4.78 is 16.2. The van der Waals surface area contributed by atoms with Gasteiger partial charge in [-0.1, -0.05) is 17.2 Å². The molecular formula is C20H24O5. The van der Waals surface area contributed by atoms with E-state index in [0.717, 1.165) is 11.1 Å². The van der Waals surface area contributed by atoms with Gasteiger partial charge in [0.05, 0.1) is 18.6 Å². The van der Waals surface area contributed by atoms with Crippen LogP contribution in [-0.2, 0) is 0 Å². The Labute approximate surface area is 147 Å². The molecule has 0 radical (unpaired) electrons. The van der Waals surface area contributed by atoms with Gasteiger partial charge in [0.1, 0.15) is 23.7 Å². The van der Waals surface area contributed by atoms with Crippen LogP contribution in [0.2, 0.25) is 0 Å². The summed E-state index contributed by atoms with van der Waals surface area (Å²) in [7, 11) is 1.55. The Hall–Kier alpha value is -2.53. The molecule has 0 amide bonds. The third kappa shape index (κ3) is 5.50. The first kappa shape index (κ1) is 18.8. The van der Waals surface area contributed by atoms with E-state index in [9.17, 15) is 9.90 Å². The van der Waals surface area contributed by atoms with Gasteiger partial charge in [0.2, 0.25) is 0 Å². The summed E-state index contributed by atoms with van der Waals surface area (Å²) in [6.07, 6.45) is 3.81. The van der Waals surface area contributed by atoms with Gasteiger partial charge in [0.15, 0.2) is 0 Å². The zero-order valence-electron chi connectivity index (χ0n) is 15.0. The van der Waals surface area contributed by atoms with Crippen LogP contribution in [0.5, 0.6) is 11.5 Å². The van der Waals surface area contributed by atoms with Gasteiger partial charge in [-0.2, -0.15) is 0 Å². The molecule has 25 heavy (non-hydrogen) atoms. The van der Waals surface area contributed by atoms with Crippen LogP contribution < -0.4 is 15.1 Å². The topological polar surface area (TPSA) is 68.9 Å². The van der Waals surface area contributed by atoms with Crippen LogP contribution in [0.4, 0.5) is 0 Å². The summed E-state index contributed by atoms with van der Waals surface area (Å²) >= 11 is 0. The van der Waals surface area contributed by atoms with Crippen LogP contribution in [-0.4, -0.2) is 24.9 Å². The maximum absolute atomic E-state index is 11.4. The number of aliphatic hydroxyl groups is 1. The Balaban J connectivity index is 2.09. The lowest BCUT2D eigenvalue weighted by atomic mass is 10.1. The summed E-state index contributed by atoms with van der Waals surface area (Å²) in [5.74, 6) is 1.13. The number of methoxy groups -OCH3 is 1. The number of benzene rings is 1. The lowest BCUT2D eigenvalue weighted by Gasteiger charge is -2.10. The Morgan fingerprint density at radius 3 is 2.72 bits per heavy atom. The van der Waals surface area contributed by atoms with Crippen LogP contribution in [0.15, 0.2) is 56.8 Å². The van der Waals surface area contributed by atoms with Crippen molar-refractivity contribution in [3.8, 4) is 11.5 Å². The van der Waals surface area contributed by atoms with Gasteiger partial charge < -0.3 is 19.0 Å². The largest absolute Gasteiger partial charge is 0.496 e. The van der Waals surface area contributed by atoms with Crippen molar-refractivity contribution in [1.29, 1.82) is 0 Å². The molecule has 1 N–H and O–H groups in total. The predicted octanol–water partition coefficient (Wildman–Crippen LogP) is 3.84. The van der Waals surface area contributed by atoms with E-state index in [0.29, 0.717) is 35.5 Å². The Morgan fingerprint density at radius 1 is 1.28 bits per heavy atom. The molecule has 1 heterocycles. The minimum Gasteiger partial charge on any atom is -0.496 e. The molecule has 0 saturated heterocycles. The second kappa shape index (κ2) is 8.53. The van der Waals surface area contributed by atoms with Crippen molar-refractivity contribution < 1.29 is 19.0 Å². The highest BCUT2D eigenvalue weighted by atomic mass is 16.5. The zero-order chi connectivity index (χ0) is 18.4. The molecule has 0 spiro atoms. The van der Waals surface area contributed by atoms with E-state index < -0.39 is 11.7 Å². The molecule has 5 heteroatoms. The summed E-state index contributed by atoms with van der Waals surface area (Å²) in [5, 5.41) is 10.6. The second-order valence-corrected chi connectivity index (χ2v) is 6.17. The molecule has 1 aromatic heterocycles. The standard InChI is InChI=1S/C20H24O5/c1-13(2)9-15(21)10-14(3)7-8-24-16-11-18(23-4)17-5-6-20(22)25-19(17)12-16/h5-7,9,11-12,15,21H,8,10H2,1-4H3/b14-7+. The minimum atomic E-state index is -0.490. The first-order valence-corrected chi connectivity index (χ1v) is 8.12. The summed E-state index contributed by atoms with van der Waals surface area (Å²) in [4.78, 5) is 11.4. The van der Waals surface area contributed by atoms with Gasteiger partial charge >= 0.3 is 5.63 Å². The summed E-state index contributed by atoms with van der Waals surface area (Å²) in [6, 6.07) is 6.44. The predicted molar refractivity (Wildman–Crippen MR) is 98.3 cm³/mol. The highest BCUT2D eigenvalue weighted by molar-refractivity contribution is 5.84. The fraction of sp³-hybridized carbons (Fsp3) is 0.350. The molecule has 0 saturated carbocycles. The minimum absolute atomic E-state index is 0.346. The van der Waals surface area contributed by atoms with Crippen LogP contribution in [0.25, 0.3) is 11.0 Å². The lowest BCUT2D eigenvalue weighted by Crippen LogP contribution is -2.04. The highest BCUT2D eigenvalue weighted by Gasteiger charge is 2.08. The van der Waals surface area contributed by atoms with Crippen molar-refractivity contribution in [3.05, 3.63) is 58.0 Å². The molecule has 5 nitrogen and oxygen atoms in total. The monoisotopic (exact) mass is 344 g/mol. The highest BCUT2D eigenvalue weighted by Crippen LogP contribution is 2.30. The van der Waals surface area contributed by atoms with Crippen molar-refractivity contribution in [2.45, 2.75) is 33.3 Å². The number of hydrogen-bond acceptors (Lipinski definition) is 5. The molecule has 0 aliphatic rings. The average Bonchev–Trinajstić information content (AvgIpc) is 2.52. The Bertz CT molecular complexity index is 841. The first-order chi connectivity index (χ1) is 11.9. The van der Waals surface area contributed by atoms with E-state index in [1.54, 1.807) is 25.3 Å². The van der Waals surface area contributed by atoms with Crippen molar-refractivity contribution in [1.82, 2.24) is 0 Å². The van der Waals surface area contributed by atoms with Crippen LogP contribution >= 0.6 is 0 Å². The molecule has 0 aliphatic heterocycles. The van der Waals surface area contributed by atoms with Crippen molar-refractivity contribution in [2.24, 2.45) is 0 Å². The second-order valence-electron chi connectivity index (χ2n) is 6.17. The van der Waals surface area contributed by atoms with Crippen molar-refractivity contribution >= 4 is 11.0 Å². The lowest BCUT2D eigenvalue weighted by molar-refractivity contribution is 0.222. The van der Waals surface area contributed by atoms with Crippen LogP contribution in [0.1, 0.15) is 27.2 Å². The van der Waals surface area contributed by atoms with Gasteiger partial charge in [-0.25, -0.2) is 4.79 Å². The maximum Gasteiger partial charge on any atom is 0.336 e. The zero-order valence-corrected chi connectivity index (χ0v) is 15.0. The number of ether oxygens (including phenoxy) is 2. The first-order valence-electron chi connectivity index (χ1n) is 8.12. The smallest absolute Gasteiger partial charge is 0.336 e. The van der Waals surface area contributed by atoms with Gasteiger partial charge in [-0.05, 0) is 39.3 Å². The van der Waals surface area contributed by atoms with Gasteiger partial charge in [-0.3, -0.25) is 0 Å². The summed E-state index contributed by atoms with van der Waals surface area (Å²) in [6.45, 7) is 6.21. The molecule has 1 unspecified atom stereocenters. The Kier molecular flexibility index (Phi) is 6.42. The number of hydrogen-bond donors (Lipinski definition) is 1. The van der Waals surface area contributed by atoms with Gasteiger partial charge in [-0.15, -0.1) is 0 Å². The van der Waals surface area contributed by atoms with Crippen molar-refractivity contribution in [2.75, 3.05) is 13.7 Å². The number of rotatable bonds is 7. The molecule has 0 aliphatic carbocycles. The third-order valence-corrected chi connectivity index (χ3v) is 3.63. The molecule has 1 atom stereocenters. The van der Waals surface area contributed by atoms with E-state index in [4.69, 9.17) is 13.9 Å². The SMILES string of the molecule is COc1cc(OC/C=C(\C)CC(O)C=C(C)C)cc2oc(=O)ccc12. The van der Waals surface area contributed by atoms with E-state index in [-0.39, 0.29) is 0 Å². The number of fused-ring (bicyclic) bond motifs is 1. The van der Waals surface area contributed by atoms with E-state index >= 15 is 0 Å². The van der Waals surface area contributed by atoms with E-state index in [1.165, 1.54) is 6.07 Å². The molecule has 2 aromatic rings. The van der Waals surface area contributed by atoms with Gasteiger partial charge in [0.25, 0.3) is 0 Å². The molecule has 2 rings (SSSR count). The average molecular weight is 344 g/mol. The molecule has 0 fully saturated rings. The normalized spacial score (nSPS) is 12.8. The fourth-order valence-corrected chi connectivity index (χ4v) is 2.51. The number of aliphatic hydroxyl groups excluding tert-OH is 1. The number of allylic oxidation sites excluding steroid dienone is 1. The molecule has 0 bridgehead atoms. The molecule has 134 valence electrons. The quantitative estimate of drug-likeness (QED) is 0.610. The third-order valence-electron chi connectivity index (χ3n) is 3.63. The van der Waals surface area contributed by atoms with E-state index in [1.807, 2.05) is 32.9 Å². The Morgan fingerprint density at radius 2 is 2.04 bits per heavy atom. The fourth-order valence-electron chi connectivity index (χ4n) is 2.51. The van der Waals surface area contributed by atoms with Crippen LogP contribution in [0, 0.1) is 0 Å². The molecule has 1 aromatic carbocycles. The van der Waals surface area contributed by atoms with Crippen molar-refractivity contribution in [3.63, 3.8) is 0 Å². The molecular weight excluding hydrogens is 320 g/mol. The summed E-state index contributed by atoms with van der Waals surface area (Å²) in [5.41, 5.74) is 2.11. The van der Waals surface area contributed by atoms with E-state index in [2.05, 4.69) is 0 Å². The van der Waals surface area contributed by atoms with Gasteiger partial charge in [0, 0.05) is 18.2 Å².